The highest BCUT2D eigenvalue weighted by atomic mass is 79.9. The molecule has 1 aromatic carbocycles. The fraction of sp³-hybridized carbons (Fsp3) is 0.300. The Hall–Kier alpha value is -0.870. The van der Waals surface area contributed by atoms with Crippen molar-refractivity contribution in [2.75, 3.05) is 0 Å². The van der Waals surface area contributed by atoms with Gasteiger partial charge < -0.3 is 10.3 Å². The van der Waals surface area contributed by atoms with Crippen LogP contribution in [0.2, 0.25) is 0 Å². The van der Waals surface area contributed by atoms with Gasteiger partial charge in [-0.1, -0.05) is 6.07 Å². The summed E-state index contributed by atoms with van der Waals surface area (Å²) in [5, 5.41) is 0. The minimum atomic E-state index is -0.0423. The minimum absolute atomic E-state index is 0.0423. The topological polar surface area (TPSA) is 43.8 Å². The van der Waals surface area contributed by atoms with Crippen LogP contribution >= 0.6 is 15.9 Å². The van der Waals surface area contributed by atoms with Gasteiger partial charge in [-0.15, -0.1) is 0 Å². The van der Waals surface area contributed by atoms with Gasteiger partial charge in [-0.05, 0) is 35.0 Å². The summed E-state index contributed by atoms with van der Waals surface area (Å²) in [6.07, 6.45) is 0. The maximum atomic E-state index is 5.83. The molecule has 0 saturated carbocycles. The Balaban J connectivity index is 2.81. The van der Waals surface area contributed by atoms with Crippen LogP contribution in [0.4, 0.5) is 0 Å². The van der Waals surface area contributed by atoms with E-state index in [4.69, 9.17) is 5.73 Å². The number of nitrogens with two attached hydrogens (primary N) is 1. The molecular formula is C10H12BrN3. The van der Waals surface area contributed by atoms with Crippen molar-refractivity contribution in [3.05, 3.63) is 28.5 Å². The zero-order chi connectivity index (χ0) is 10.3. The molecule has 0 aliphatic rings. The Kier molecular flexibility index (Phi) is 2.33. The van der Waals surface area contributed by atoms with Crippen molar-refractivity contribution in [2.24, 2.45) is 12.8 Å². The number of imidazole rings is 1. The molecule has 14 heavy (non-hydrogen) atoms. The van der Waals surface area contributed by atoms with Crippen molar-refractivity contribution in [3.63, 3.8) is 0 Å². The molecule has 1 aromatic heterocycles. The molecule has 0 spiro atoms. The fourth-order valence-electron chi connectivity index (χ4n) is 1.65. The van der Waals surface area contributed by atoms with Crippen LogP contribution in [-0.4, -0.2) is 9.55 Å². The Morgan fingerprint density at radius 2 is 2.21 bits per heavy atom. The molecule has 3 nitrogen and oxygen atoms in total. The Morgan fingerprint density at radius 1 is 1.50 bits per heavy atom. The van der Waals surface area contributed by atoms with E-state index < -0.39 is 0 Å². The lowest BCUT2D eigenvalue weighted by Gasteiger charge is -2.05. The third-order valence-electron chi connectivity index (χ3n) is 2.29. The zero-order valence-corrected chi connectivity index (χ0v) is 9.75. The van der Waals surface area contributed by atoms with Crippen LogP contribution < -0.4 is 5.73 Å². The first-order valence-electron chi connectivity index (χ1n) is 4.47. The van der Waals surface area contributed by atoms with Crippen LogP contribution in [0.5, 0.6) is 0 Å². The van der Waals surface area contributed by atoms with Crippen molar-refractivity contribution in [1.29, 1.82) is 0 Å². The summed E-state index contributed by atoms with van der Waals surface area (Å²) < 4.78 is 3.08. The second-order valence-electron chi connectivity index (χ2n) is 3.43. The van der Waals surface area contributed by atoms with Gasteiger partial charge in [0.25, 0.3) is 0 Å². The van der Waals surface area contributed by atoms with Crippen LogP contribution in [-0.2, 0) is 7.05 Å². The van der Waals surface area contributed by atoms with Crippen LogP contribution in [0.1, 0.15) is 18.8 Å². The predicted molar refractivity (Wildman–Crippen MR) is 61.0 cm³/mol. The standard InChI is InChI=1S/C10H12BrN3/c1-6(12)10-13-8-5-3-4-7(11)9(8)14(10)2/h3-6H,12H2,1-2H3. The van der Waals surface area contributed by atoms with E-state index in [1.54, 1.807) is 0 Å². The maximum Gasteiger partial charge on any atom is 0.126 e. The summed E-state index contributed by atoms with van der Waals surface area (Å²) in [6, 6.07) is 5.94. The largest absolute Gasteiger partial charge is 0.329 e. The van der Waals surface area contributed by atoms with Crippen molar-refractivity contribution in [2.45, 2.75) is 13.0 Å². The summed E-state index contributed by atoms with van der Waals surface area (Å²) in [7, 11) is 1.98. The van der Waals surface area contributed by atoms with E-state index in [1.807, 2.05) is 36.7 Å². The molecule has 4 heteroatoms. The number of hydrogen-bond donors (Lipinski definition) is 1. The molecule has 0 amide bonds. The Bertz CT molecular complexity index is 473. The molecular weight excluding hydrogens is 242 g/mol. The first-order valence-corrected chi connectivity index (χ1v) is 5.27. The second-order valence-corrected chi connectivity index (χ2v) is 4.28. The molecule has 0 aliphatic carbocycles. The SMILES string of the molecule is CC(N)c1nc2cccc(Br)c2n1C. The lowest BCUT2D eigenvalue weighted by atomic mass is 10.3. The molecule has 74 valence electrons. The first kappa shape index (κ1) is 9.68. The minimum Gasteiger partial charge on any atom is -0.329 e. The van der Waals surface area contributed by atoms with Crippen molar-refractivity contribution < 1.29 is 0 Å². The van der Waals surface area contributed by atoms with Crippen LogP contribution in [0.25, 0.3) is 11.0 Å². The van der Waals surface area contributed by atoms with E-state index in [9.17, 15) is 0 Å². The number of fused-ring (bicyclic) bond motifs is 1. The van der Waals surface area contributed by atoms with Crippen LogP contribution in [0, 0.1) is 0 Å². The molecule has 2 N–H and O–H groups in total. The number of aromatic nitrogens is 2. The summed E-state index contributed by atoms with van der Waals surface area (Å²) in [4.78, 5) is 4.48. The molecule has 2 aromatic rings. The normalized spacial score (nSPS) is 13.4. The molecule has 0 aliphatic heterocycles. The summed E-state index contributed by atoms with van der Waals surface area (Å²) >= 11 is 3.51. The first-order chi connectivity index (χ1) is 6.61. The lowest BCUT2D eigenvalue weighted by Crippen LogP contribution is -2.11. The molecule has 0 fully saturated rings. The number of nitrogens with zero attached hydrogens (tertiary/aromatic N) is 2. The summed E-state index contributed by atoms with van der Waals surface area (Å²) in [6.45, 7) is 1.94. The Labute approximate surface area is 91.1 Å². The third-order valence-corrected chi connectivity index (χ3v) is 2.93. The smallest absolute Gasteiger partial charge is 0.126 e. The van der Waals surface area contributed by atoms with Gasteiger partial charge in [0, 0.05) is 11.5 Å². The number of hydrogen-bond acceptors (Lipinski definition) is 2. The molecule has 2 rings (SSSR count). The lowest BCUT2D eigenvalue weighted by molar-refractivity contribution is 0.696. The van der Waals surface area contributed by atoms with Gasteiger partial charge in [-0.3, -0.25) is 0 Å². The average Bonchev–Trinajstić information content (AvgIpc) is 2.45. The number of rotatable bonds is 1. The Morgan fingerprint density at radius 3 is 2.79 bits per heavy atom. The molecule has 0 radical (unpaired) electrons. The highest BCUT2D eigenvalue weighted by molar-refractivity contribution is 9.10. The van der Waals surface area contributed by atoms with E-state index in [-0.39, 0.29) is 6.04 Å². The predicted octanol–water partition coefficient (Wildman–Crippen LogP) is 2.36. The fourth-order valence-corrected chi connectivity index (χ4v) is 2.27. The molecule has 0 bridgehead atoms. The van der Waals surface area contributed by atoms with Gasteiger partial charge >= 0.3 is 0 Å². The number of halogens is 1. The average molecular weight is 254 g/mol. The van der Waals surface area contributed by atoms with Gasteiger partial charge in [0.2, 0.25) is 0 Å². The van der Waals surface area contributed by atoms with Crippen LogP contribution in [0.3, 0.4) is 0 Å². The second kappa shape index (κ2) is 3.37. The monoisotopic (exact) mass is 253 g/mol. The molecule has 1 heterocycles. The third kappa shape index (κ3) is 1.35. The van der Waals surface area contributed by atoms with E-state index in [2.05, 4.69) is 20.9 Å². The number of aryl methyl sites for hydroxylation is 1. The number of benzene rings is 1. The van der Waals surface area contributed by atoms with Crippen molar-refractivity contribution in [3.8, 4) is 0 Å². The van der Waals surface area contributed by atoms with E-state index in [0.717, 1.165) is 21.3 Å². The van der Waals surface area contributed by atoms with Gasteiger partial charge in [0.1, 0.15) is 5.82 Å². The molecule has 0 saturated heterocycles. The highest BCUT2D eigenvalue weighted by Gasteiger charge is 2.12. The van der Waals surface area contributed by atoms with E-state index in [0.29, 0.717) is 0 Å². The summed E-state index contributed by atoms with van der Waals surface area (Å²) in [5.41, 5.74) is 7.91. The molecule has 1 unspecified atom stereocenters. The summed E-state index contributed by atoms with van der Waals surface area (Å²) in [5.74, 6) is 0.909. The van der Waals surface area contributed by atoms with Gasteiger partial charge in [0.15, 0.2) is 0 Å². The van der Waals surface area contributed by atoms with Gasteiger partial charge in [0.05, 0.1) is 17.1 Å². The maximum absolute atomic E-state index is 5.83. The van der Waals surface area contributed by atoms with E-state index >= 15 is 0 Å². The van der Waals surface area contributed by atoms with E-state index in [1.165, 1.54) is 0 Å². The highest BCUT2D eigenvalue weighted by Crippen LogP contribution is 2.25. The van der Waals surface area contributed by atoms with Crippen LogP contribution in [0.15, 0.2) is 22.7 Å². The van der Waals surface area contributed by atoms with Gasteiger partial charge in [-0.25, -0.2) is 4.98 Å². The van der Waals surface area contributed by atoms with Crippen molar-refractivity contribution >= 4 is 27.0 Å². The number of para-hydroxylation sites is 1. The molecule has 1 atom stereocenters. The zero-order valence-electron chi connectivity index (χ0n) is 8.16. The quantitative estimate of drug-likeness (QED) is 0.848. The van der Waals surface area contributed by atoms with Gasteiger partial charge in [-0.2, -0.15) is 0 Å². The van der Waals surface area contributed by atoms with Crippen molar-refractivity contribution in [1.82, 2.24) is 9.55 Å².